The van der Waals surface area contributed by atoms with Crippen LogP contribution in [0.2, 0.25) is 5.02 Å². The smallest absolute Gasteiger partial charge is 0.465 e. The lowest BCUT2D eigenvalue weighted by atomic mass is 9.75. The van der Waals surface area contributed by atoms with E-state index in [4.69, 9.17) is 30.1 Å². The Labute approximate surface area is 290 Å². The minimum absolute atomic E-state index is 0.0466. The Kier molecular flexibility index (Phi) is 8.88. The number of furan rings is 1. The van der Waals surface area contributed by atoms with Crippen molar-refractivity contribution < 1.29 is 40.9 Å². The maximum absolute atomic E-state index is 13.8. The number of carbonyl (C=O) groups excluding carboxylic acids is 2. The average molecular weight is 711 g/mol. The van der Waals surface area contributed by atoms with Crippen LogP contribution >= 0.6 is 11.6 Å². The number of halogens is 2. The third kappa shape index (κ3) is 6.45. The van der Waals surface area contributed by atoms with Gasteiger partial charge in [0.2, 0.25) is 10.0 Å². The third-order valence-electron chi connectivity index (χ3n) is 9.49. The van der Waals surface area contributed by atoms with Crippen molar-refractivity contribution in [3.05, 3.63) is 81.6 Å². The summed E-state index contributed by atoms with van der Waals surface area (Å²) in [5.41, 5.74) is 1.47. The van der Waals surface area contributed by atoms with E-state index < -0.39 is 46.0 Å². The van der Waals surface area contributed by atoms with E-state index in [0.717, 1.165) is 24.7 Å². The lowest BCUT2D eigenvalue weighted by Crippen LogP contribution is -2.41. The van der Waals surface area contributed by atoms with E-state index in [1.165, 1.54) is 48.8 Å². The molecule has 0 spiro atoms. The first-order valence-corrected chi connectivity index (χ1v) is 18.0. The Morgan fingerprint density at radius 3 is 2.24 bits per heavy atom. The van der Waals surface area contributed by atoms with Crippen LogP contribution < -0.4 is 15.1 Å². The van der Waals surface area contributed by atoms with Gasteiger partial charge in [-0.2, -0.15) is 0 Å². The van der Waals surface area contributed by atoms with Crippen LogP contribution in [0.1, 0.15) is 78.3 Å². The molecule has 0 unspecified atom stereocenters. The molecule has 1 N–H and O–H groups in total. The van der Waals surface area contributed by atoms with Gasteiger partial charge < -0.3 is 23.8 Å². The number of fused-ring (bicyclic) bond motifs is 1. The third-order valence-corrected chi connectivity index (χ3v) is 10.9. The van der Waals surface area contributed by atoms with Crippen LogP contribution in [0.25, 0.3) is 22.3 Å². The number of rotatable bonds is 9. The van der Waals surface area contributed by atoms with Gasteiger partial charge in [-0.25, -0.2) is 17.6 Å². The van der Waals surface area contributed by atoms with Crippen LogP contribution in [0.4, 0.5) is 10.1 Å². The molecule has 3 aromatic carbocycles. The molecule has 14 heteroatoms. The average Bonchev–Trinajstić information content (AvgIpc) is 3.77. The molecule has 10 nitrogen and oxygen atoms in total. The lowest BCUT2D eigenvalue weighted by molar-refractivity contribution is 0.00578. The fourth-order valence-electron chi connectivity index (χ4n) is 6.03. The Bertz CT molecular complexity index is 2080. The number of sulfonamides is 1. The van der Waals surface area contributed by atoms with Gasteiger partial charge in [-0.15, -0.1) is 0 Å². The van der Waals surface area contributed by atoms with Crippen LogP contribution in [-0.2, 0) is 30.6 Å². The molecular weight excluding hydrogens is 674 g/mol. The molecule has 0 atom stereocenters. The van der Waals surface area contributed by atoms with E-state index in [1.54, 1.807) is 18.2 Å². The molecule has 6 rings (SSSR count). The summed E-state index contributed by atoms with van der Waals surface area (Å²) in [6.07, 6.45) is 2.75. The van der Waals surface area contributed by atoms with E-state index >= 15 is 0 Å². The topological polar surface area (TPSA) is 124 Å². The molecule has 2 fully saturated rings. The minimum atomic E-state index is -3.94. The summed E-state index contributed by atoms with van der Waals surface area (Å²) in [5.74, 6) is -1.26. The number of anilines is 1. The first-order chi connectivity index (χ1) is 23.0. The highest BCUT2D eigenvalue weighted by Gasteiger charge is 2.53. The van der Waals surface area contributed by atoms with Crippen LogP contribution in [0.15, 0.2) is 52.9 Å². The molecule has 2 aliphatic rings. The van der Waals surface area contributed by atoms with Gasteiger partial charge >= 0.3 is 13.1 Å². The number of hydrogen-bond acceptors (Lipinski definition) is 8. The van der Waals surface area contributed by atoms with E-state index in [-0.39, 0.29) is 45.4 Å². The number of benzene rings is 3. The minimum Gasteiger partial charge on any atom is -0.465 e. The first kappa shape index (κ1) is 34.9. The summed E-state index contributed by atoms with van der Waals surface area (Å²) in [7, 11) is -2.17. The molecular formula is C35H37BClFN2O8S. The predicted molar refractivity (Wildman–Crippen MR) is 187 cm³/mol. The standard InChI is InChI=1S/C35H37BClFN2O8S/c1-34(2)35(3,4)48-36(47-34)30-25(33(42)45-6)14-19(15-26(30)37)18-40(49(7,43)44)27-17-28-24(16-23(27)20-8-9-20)29(32(41)39-5)31(46-28)21-10-12-22(38)13-11-21/h10-17,20H,8-9,18H2,1-7H3,(H,39,41). The van der Waals surface area contributed by atoms with Gasteiger partial charge in [0, 0.05) is 34.5 Å². The largest absolute Gasteiger partial charge is 0.497 e. The van der Waals surface area contributed by atoms with Gasteiger partial charge in [0.15, 0.2) is 0 Å². The van der Waals surface area contributed by atoms with Crippen molar-refractivity contribution in [2.24, 2.45) is 0 Å². The van der Waals surface area contributed by atoms with E-state index in [9.17, 15) is 22.4 Å². The summed E-state index contributed by atoms with van der Waals surface area (Å²) in [6, 6.07) is 12.1. The van der Waals surface area contributed by atoms with Crippen molar-refractivity contribution in [3.8, 4) is 11.3 Å². The molecule has 49 heavy (non-hydrogen) atoms. The molecule has 1 aromatic heterocycles. The number of amides is 1. The van der Waals surface area contributed by atoms with Crippen molar-refractivity contribution >= 4 is 62.7 Å². The number of carbonyl (C=O) groups is 2. The molecule has 1 saturated carbocycles. The zero-order chi connectivity index (χ0) is 35.6. The second-order valence-corrected chi connectivity index (χ2v) is 15.8. The van der Waals surface area contributed by atoms with Gasteiger partial charge in [-0.05, 0) is 100 Å². The molecule has 0 bridgehead atoms. The lowest BCUT2D eigenvalue weighted by Gasteiger charge is -2.32. The fourth-order valence-corrected chi connectivity index (χ4v) is 7.26. The molecule has 2 heterocycles. The maximum atomic E-state index is 13.8. The number of nitrogens with one attached hydrogen (secondary N) is 1. The molecule has 1 aliphatic carbocycles. The van der Waals surface area contributed by atoms with Crippen LogP contribution in [0.5, 0.6) is 0 Å². The second-order valence-electron chi connectivity index (χ2n) is 13.5. The maximum Gasteiger partial charge on any atom is 0.497 e. The van der Waals surface area contributed by atoms with Crippen LogP contribution in [0, 0.1) is 5.82 Å². The number of hydrogen-bond donors (Lipinski definition) is 1. The SMILES string of the molecule is CNC(=O)c1c(-c2ccc(F)cc2)oc2cc(N(Cc3cc(Cl)c(B4OC(C)(C)C(C)(C)O4)c(C(=O)OC)c3)S(C)(=O)=O)c(C3CC3)cc12. The highest BCUT2D eigenvalue weighted by molar-refractivity contribution is 7.92. The monoisotopic (exact) mass is 710 g/mol. The highest BCUT2D eigenvalue weighted by Crippen LogP contribution is 2.48. The Morgan fingerprint density at radius 1 is 1.06 bits per heavy atom. The summed E-state index contributed by atoms with van der Waals surface area (Å²) < 4.78 is 65.8. The summed E-state index contributed by atoms with van der Waals surface area (Å²) in [5, 5.41) is 3.30. The van der Waals surface area contributed by atoms with Gasteiger partial charge in [-0.3, -0.25) is 9.10 Å². The van der Waals surface area contributed by atoms with Gasteiger partial charge in [0.1, 0.15) is 17.2 Å². The summed E-state index contributed by atoms with van der Waals surface area (Å²) in [4.78, 5) is 26.3. The van der Waals surface area contributed by atoms with Gasteiger partial charge in [0.05, 0.1) is 47.9 Å². The zero-order valence-electron chi connectivity index (χ0n) is 28.3. The Balaban J connectivity index is 1.49. The number of esters is 1. The Hall–Kier alpha value is -3.91. The quantitative estimate of drug-likeness (QED) is 0.161. The predicted octanol–water partition coefficient (Wildman–Crippen LogP) is 6.18. The first-order valence-electron chi connectivity index (χ1n) is 15.8. The van der Waals surface area contributed by atoms with Gasteiger partial charge in [0.25, 0.3) is 5.91 Å². The zero-order valence-corrected chi connectivity index (χ0v) is 29.8. The second kappa shape index (κ2) is 12.5. The molecule has 0 radical (unpaired) electrons. The molecule has 1 amide bonds. The normalized spacial score (nSPS) is 17.0. The van der Waals surface area contributed by atoms with Crippen molar-refractivity contribution in [1.29, 1.82) is 0 Å². The number of ether oxygens (including phenoxy) is 1. The van der Waals surface area contributed by atoms with E-state index in [2.05, 4.69) is 5.32 Å². The van der Waals surface area contributed by atoms with Crippen LogP contribution in [0.3, 0.4) is 0 Å². The molecule has 258 valence electrons. The van der Waals surface area contributed by atoms with E-state index in [1.807, 2.05) is 27.7 Å². The summed E-state index contributed by atoms with van der Waals surface area (Å²) >= 11 is 6.83. The number of methoxy groups -OCH3 is 1. The van der Waals surface area contributed by atoms with Crippen molar-refractivity contribution in [2.75, 3.05) is 24.7 Å². The fraction of sp³-hybridized carbons (Fsp3) is 0.371. The van der Waals surface area contributed by atoms with Gasteiger partial charge in [-0.1, -0.05) is 11.6 Å². The summed E-state index contributed by atoms with van der Waals surface area (Å²) in [6.45, 7) is 7.33. The highest BCUT2D eigenvalue weighted by atomic mass is 35.5. The Morgan fingerprint density at radius 2 is 1.69 bits per heavy atom. The van der Waals surface area contributed by atoms with Crippen molar-refractivity contribution in [3.63, 3.8) is 0 Å². The number of nitrogens with zero attached hydrogens (tertiary/aromatic N) is 1. The molecule has 1 aliphatic heterocycles. The molecule has 4 aromatic rings. The molecule has 1 saturated heterocycles. The van der Waals surface area contributed by atoms with Crippen molar-refractivity contribution in [2.45, 2.75) is 64.2 Å². The van der Waals surface area contributed by atoms with Crippen LogP contribution in [-0.4, -0.2) is 59.0 Å². The van der Waals surface area contributed by atoms with Crippen molar-refractivity contribution in [1.82, 2.24) is 5.32 Å². The van der Waals surface area contributed by atoms with E-state index in [0.29, 0.717) is 22.2 Å².